The van der Waals surface area contributed by atoms with E-state index in [9.17, 15) is 9.59 Å². The lowest BCUT2D eigenvalue weighted by molar-refractivity contribution is -0.330. The summed E-state index contributed by atoms with van der Waals surface area (Å²) < 4.78 is 46.8. The zero-order valence-corrected chi connectivity index (χ0v) is 30.8. The second kappa shape index (κ2) is 18.1. The average Bonchev–Trinajstić information content (AvgIpc) is 3.07. The molecule has 4 unspecified atom stereocenters. The molecule has 0 spiro atoms. The van der Waals surface area contributed by atoms with Gasteiger partial charge in [0.1, 0.15) is 24.2 Å². The molecule has 0 saturated carbocycles. The largest absolute Gasteiger partial charge is 0.497 e. The van der Waals surface area contributed by atoms with Crippen LogP contribution in [0.1, 0.15) is 46.6 Å². The number of benzene rings is 2. The molecule has 14 heteroatoms. The molecule has 0 aromatic heterocycles. The molecule has 0 bridgehead atoms. The molecule has 2 aromatic rings. The summed E-state index contributed by atoms with van der Waals surface area (Å²) in [5.41, 5.74) is 1.00. The Morgan fingerprint density at radius 3 is 2.12 bits per heavy atom. The maximum atomic E-state index is 12.9. The van der Waals surface area contributed by atoms with Crippen LogP contribution in [0.4, 0.5) is 4.79 Å². The first-order valence-electron chi connectivity index (χ1n) is 16.4. The maximum Gasteiger partial charge on any atom is 0.407 e. The number of rotatable bonds is 13. The number of esters is 1. The number of ether oxygens (including phenoxy) is 8. The minimum atomic E-state index is -1.79. The molecule has 2 aliphatic rings. The van der Waals surface area contributed by atoms with E-state index in [1.807, 2.05) is 58.0 Å². The molecular formula is C35H46Cl3NO10. The molecule has 0 radical (unpaired) electrons. The zero-order chi connectivity index (χ0) is 35.7. The van der Waals surface area contributed by atoms with Crippen molar-refractivity contribution in [2.45, 2.75) is 94.5 Å². The third-order valence-corrected chi connectivity index (χ3v) is 9.27. The fraction of sp³-hybridized carbons (Fsp3) is 0.600. The van der Waals surface area contributed by atoms with Gasteiger partial charge in [-0.05, 0) is 48.1 Å². The third kappa shape index (κ3) is 11.2. The van der Waals surface area contributed by atoms with Gasteiger partial charge in [-0.15, -0.1) is 0 Å². The molecule has 2 aliphatic heterocycles. The minimum absolute atomic E-state index is 0.0339. The number of alkyl halides is 3. The first-order valence-corrected chi connectivity index (χ1v) is 17.5. The van der Waals surface area contributed by atoms with Crippen molar-refractivity contribution < 1.29 is 47.5 Å². The standard InChI is InChI=1S/C35H46Cl3NO10/c1-7-27-20(2)21(3)29(39-34(41)44-19-35(36,37)38)32(47-27)49-31-30(45-23(5)40)22(4)28(18-43-17-24-11-9-8-10-12-24)48-33(31)46-26-15-13-25(42-6)14-16-26/h8-16,20-22,27-33H,7,17-19H2,1-6H3,(H,39,41)/t20-,21-,22+,27?,28?,29?,30-,31?,32-,33+/m0/s1. The number of methoxy groups -OCH3 is 1. The second-order valence-corrected chi connectivity index (χ2v) is 14.9. The Labute approximate surface area is 303 Å². The van der Waals surface area contributed by atoms with Gasteiger partial charge in [0.15, 0.2) is 12.4 Å². The number of carbonyl (C=O) groups is 2. The highest BCUT2D eigenvalue weighted by Crippen LogP contribution is 2.38. The van der Waals surface area contributed by atoms with Gasteiger partial charge in [-0.25, -0.2) is 4.79 Å². The lowest BCUT2D eigenvalue weighted by Crippen LogP contribution is -2.64. The van der Waals surface area contributed by atoms with Crippen molar-refractivity contribution in [3.05, 3.63) is 60.2 Å². The van der Waals surface area contributed by atoms with Crippen molar-refractivity contribution in [3.8, 4) is 11.5 Å². The van der Waals surface area contributed by atoms with Crippen molar-refractivity contribution in [2.24, 2.45) is 17.8 Å². The predicted molar refractivity (Wildman–Crippen MR) is 184 cm³/mol. The average molecular weight is 747 g/mol. The Hall–Kier alpha value is -2.51. The molecule has 2 fully saturated rings. The van der Waals surface area contributed by atoms with Gasteiger partial charge in [0.05, 0.1) is 38.6 Å². The van der Waals surface area contributed by atoms with E-state index in [-0.39, 0.29) is 24.5 Å². The van der Waals surface area contributed by atoms with E-state index in [1.165, 1.54) is 6.92 Å². The number of carbonyl (C=O) groups excluding carboxylic acids is 2. The quantitative estimate of drug-likeness (QED) is 0.172. The highest BCUT2D eigenvalue weighted by atomic mass is 35.6. The molecule has 11 nitrogen and oxygen atoms in total. The van der Waals surface area contributed by atoms with Gasteiger partial charge in [-0.3, -0.25) is 4.79 Å². The first kappa shape index (κ1) is 39.3. The summed E-state index contributed by atoms with van der Waals surface area (Å²) in [6.07, 6.45) is -4.84. The summed E-state index contributed by atoms with van der Waals surface area (Å²) in [6.45, 7) is 9.36. The molecule has 4 rings (SSSR count). The highest BCUT2D eigenvalue weighted by Gasteiger charge is 2.52. The number of nitrogens with one attached hydrogen (secondary N) is 1. The molecule has 272 valence electrons. The Balaban J connectivity index is 1.64. The molecule has 1 amide bonds. The van der Waals surface area contributed by atoms with Crippen LogP contribution in [-0.4, -0.2) is 79.2 Å². The zero-order valence-electron chi connectivity index (χ0n) is 28.5. The number of hydrogen-bond acceptors (Lipinski definition) is 10. The summed E-state index contributed by atoms with van der Waals surface area (Å²) in [7, 11) is 1.57. The molecule has 1 N–H and O–H groups in total. The number of amides is 1. The van der Waals surface area contributed by atoms with Crippen LogP contribution in [0.25, 0.3) is 0 Å². The lowest BCUT2D eigenvalue weighted by atomic mass is 9.81. The molecule has 2 saturated heterocycles. The smallest absolute Gasteiger partial charge is 0.407 e. The van der Waals surface area contributed by atoms with Gasteiger partial charge in [-0.1, -0.05) is 92.8 Å². The van der Waals surface area contributed by atoms with Crippen LogP contribution in [0.3, 0.4) is 0 Å². The van der Waals surface area contributed by atoms with Crippen LogP contribution in [0.2, 0.25) is 0 Å². The van der Waals surface area contributed by atoms with Gasteiger partial charge in [-0.2, -0.15) is 0 Å². The molecule has 2 aromatic carbocycles. The molecule has 0 aliphatic carbocycles. The SMILES string of the molecule is CCC1O[C@@H](OC2[C@H](Oc3ccc(OC)cc3)OC(COCc3ccccc3)[C@@H](C)[C@@H]2OC(C)=O)C(NC(=O)OCC(Cl)(Cl)Cl)[C@@H](C)[C@@H]1C. The normalized spacial score (nSPS) is 30.2. The van der Waals surface area contributed by atoms with Gasteiger partial charge in [0.2, 0.25) is 10.1 Å². The molecule has 49 heavy (non-hydrogen) atoms. The second-order valence-electron chi connectivity index (χ2n) is 12.4. The van der Waals surface area contributed by atoms with Crippen molar-refractivity contribution in [1.82, 2.24) is 5.32 Å². The summed E-state index contributed by atoms with van der Waals surface area (Å²) >= 11 is 17.4. The van der Waals surface area contributed by atoms with Crippen LogP contribution in [0.15, 0.2) is 54.6 Å². The van der Waals surface area contributed by atoms with Gasteiger partial charge in [0, 0.05) is 12.8 Å². The van der Waals surface area contributed by atoms with Crippen LogP contribution in [0, 0.1) is 17.8 Å². The van der Waals surface area contributed by atoms with Crippen LogP contribution < -0.4 is 14.8 Å². The Morgan fingerprint density at radius 1 is 0.857 bits per heavy atom. The van der Waals surface area contributed by atoms with E-state index in [0.717, 1.165) is 5.56 Å². The van der Waals surface area contributed by atoms with Crippen LogP contribution in [-0.2, 0) is 39.8 Å². The van der Waals surface area contributed by atoms with E-state index < -0.39 is 65.3 Å². The fourth-order valence-corrected chi connectivity index (χ4v) is 6.21. The van der Waals surface area contributed by atoms with Crippen molar-refractivity contribution in [2.75, 3.05) is 20.3 Å². The van der Waals surface area contributed by atoms with Crippen LogP contribution in [0.5, 0.6) is 11.5 Å². The monoisotopic (exact) mass is 745 g/mol. The van der Waals surface area contributed by atoms with Crippen molar-refractivity contribution in [1.29, 1.82) is 0 Å². The van der Waals surface area contributed by atoms with Gasteiger partial charge < -0.3 is 43.2 Å². The highest BCUT2D eigenvalue weighted by molar-refractivity contribution is 6.67. The number of halogens is 3. The van der Waals surface area contributed by atoms with Gasteiger partial charge >= 0.3 is 12.1 Å². The Morgan fingerprint density at radius 2 is 1.51 bits per heavy atom. The summed E-state index contributed by atoms with van der Waals surface area (Å²) in [5, 5.41) is 2.84. The number of alkyl carbamates (subject to hydrolysis) is 1. The van der Waals surface area contributed by atoms with E-state index in [4.69, 9.17) is 72.7 Å². The Bertz CT molecular complexity index is 1330. The molecular weight excluding hydrogens is 701 g/mol. The first-order chi connectivity index (χ1) is 23.3. The van der Waals surface area contributed by atoms with Gasteiger partial charge in [0.25, 0.3) is 0 Å². The topological polar surface area (TPSA) is 120 Å². The number of hydrogen-bond donors (Lipinski definition) is 1. The third-order valence-electron chi connectivity index (χ3n) is 8.94. The van der Waals surface area contributed by atoms with E-state index in [0.29, 0.717) is 24.5 Å². The van der Waals surface area contributed by atoms with E-state index in [1.54, 1.807) is 31.4 Å². The summed E-state index contributed by atoms with van der Waals surface area (Å²) in [5.74, 6) is 0.0841. The molecule has 2 heterocycles. The maximum absolute atomic E-state index is 12.9. The minimum Gasteiger partial charge on any atom is -0.497 e. The molecule has 10 atom stereocenters. The summed E-state index contributed by atoms with van der Waals surface area (Å²) in [6, 6.07) is 16.0. The van der Waals surface area contributed by atoms with E-state index in [2.05, 4.69) is 5.32 Å². The fourth-order valence-electron chi connectivity index (χ4n) is 6.05. The van der Waals surface area contributed by atoms with Crippen LogP contribution >= 0.6 is 34.8 Å². The predicted octanol–water partition coefficient (Wildman–Crippen LogP) is 6.84. The van der Waals surface area contributed by atoms with Crippen molar-refractivity contribution in [3.63, 3.8) is 0 Å². The Kier molecular flexibility index (Phi) is 14.5. The van der Waals surface area contributed by atoms with E-state index >= 15 is 0 Å². The van der Waals surface area contributed by atoms with Crippen molar-refractivity contribution >= 4 is 46.9 Å². The lowest BCUT2D eigenvalue weighted by Gasteiger charge is -2.49. The summed E-state index contributed by atoms with van der Waals surface area (Å²) in [4.78, 5) is 25.5.